The Kier molecular flexibility index (Phi) is 3.81. The fraction of sp³-hybridized carbons (Fsp3) is 0.250. The van der Waals surface area contributed by atoms with Crippen LogP contribution >= 0.6 is 11.3 Å². The number of ether oxygens (including phenoxy) is 1. The molecule has 1 fully saturated rings. The van der Waals surface area contributed by atoms with Gasteiger partial charge < -0.3 is 10.1 Å². The second-order valence-corrected chi connectivity index (χ2v) is 6.21. The Morgan fingerprint density at radius 1 is 1.35 bits per heavy atom. The summed E-state index contributed by atoms with van der Waals surface area (Å²) < 4.78 is 18.6. The highest BCUT2D eigenvalue weighted by Crippen LogP contribution is 2.31. The second kappa shape index (κ2) is 5.66. The minimum Gasteiger partial charge on any atom is -0.494 e. The average Bonchev–Trinajstić information content (AvgIpc) is 3.12. The molecule has 5 nitrogen and oxygen atoms in total. The van der Waals surface area contributed by atoms with Crippen molar-refractivity contribution in [2.45, 2.75) is 19.0 Å². The number of methoxy groups -OCH3 is 1. The molecule has 0 aliphatic carbocycles. The molecule has 0 spiro atoms. The molecule has 2 heterocycles. The van der Waals surface area contributed by atoms with E-state index >= 15 is 0 Å². The zero-order valence-corrected chi connectivity index (χ0v) is 13.4. The summed E-state index contributed by atoms with van der Waals surface area (Å²) in [5.74, 6) is -0.760. The Balaban J connectivity index is 1.85. The zero-order valence-electron chi connectivity index (χ0n) is 12.6. The van der Waals surface area contributed by atoms with Gasteiger partial charge in [-0.25, -0.2) is 9.18 Å². The van der Waals surface area contributed by atoms with Gasteiger partial charge in [-0.15, -0.1) is 0 Å². The van der Waals surface area contributed by atoms with Crippen molar-refractivity contribution in [2.24, 2.45) is 0 Å². The van der Waals surface area contributed by atoms with Crippen molar-refractivity contribution < 1.29 is 18.7 Å². The smallest absolute Gasteiger partial charge is 0.325 e. The monoisotopic (exact) mass is 334 g/mol. The first kappa shape index (κ1) is 15.5. The van der Waals surface area contributed by atoms with Crippen LogP contribution in [0, 0.1) is 5.82 Å². The topological polar surface area (TPSA) is 58.6 Å². The number of imide groups is 1. The number of nitrogens with zero attached hydrogens (tertiary/aromatic N) is 1. The third kappa shape index (κ3) is 2.57. The van der Waals surface area contributed by atoms with Gasteiger partial charge in [0, 0.05) is 0 Å². The van der Waals surface area contributed by atoms with E-state index in [-0.39, 0.29) is 18.2 Å². The number of urea groups is 1. The summed E-state index contributed by atoms with van der Waals surface area (Å²) in [5, 5.41) is 6.39. The number of amides is 3. The molecule has 23 heavy (non-hydrogen) atoms. The molecular formula is C16H15FN2O3S. The molecule has 3 rings (SSSR count). The molecule has 1 atom stereocenters. The molecule has 0 saturated carbocycles. The Bertz CT molecular complexity index is 763. The van der Waals surface area contributed by atoms with E-state index in [2.05, 4.69) is 5.32 Å². The number of carbonyl (C=O) groups is 2. The Hall–Kier alpha value is -2.41. The first-order valence-corrected chi connectivity index (χ1v) is 7.89. The van der Waals surface area contributed by atoms with E-state index in [1.807, 2.05) is 10.8 Å². The van der Waals surface area contributed by atoms with Gasteiger partial charge in [0.05, 0.1) is 13.7 Å². The highest BCUT2D eigenvalue weighted by Gasteiger charge is 2.49. The molecule has 2 aromatic rings. The minimum atomic E-state index is -1.08. The van der Waals surface area contributed by atoms with Gasteiger partial charge in [0.2, 0.25) is 0 Å². The summed E-state index contributed by atoms with van der Waals surface area (Å²) in [5.41, 5.74) is 0.174. The lowest BCUT2D eigenvalue weighted by molar-refractivity contribution is -0.131. The third-order valence-electron chi connectivity index (χ3n) is 3.93. The molecule has 3 amide bonds. The predicted octanol–water partition coefficient (Wildman–Crippen LogP) is 2.86. The van der Waals surface area contributed by atoms with Crippen LogP contribution in [0.25, 0.3) is 0 Å². The van der Waals surface area contributed by atoms with E-state index in [1.54, 1.807) is 19.1 Å². The van der Waals surface area contributed by atoms with E-state index in [0.717, 1.165) is 10.5 Å². The highest BCUT2D eigenvalue weighted by atomic mass is 32.1. The average molecular weight is 334 g/mol. The second-order valence-electron chi connectivity index (χ2n) is 5.43. The first-order chi connectivity index (χ1) is 11.0. The fourth-order valence-corrected chi connectivity index (χ4v) is 3.34. The van der Waals surface area contributed by atoms with Gasteiger partial charge in [0.25, 0.3) is 5.91 Å². The molecule has 0 radical (unpaired) electrons. The molecule has 1 N–H and O–H groups in total. The lowest BCUT2D eigenvalue weighted by Gasteiger charge is -2.20. The van der Waals surface area contributed by atoms with Crippen LogP contribution in [0.5, 0.6) is 5.75 Å². The molecule has 120 valence electrons. The van der Waals surface area contributed by atoms with Crippen molar-refractivity contribution in [3.8, 4) is 5.75 Å². The number of benzene rings is 1. The van der Waals surface area contributed by atoms with Crippen LogP contribution in [0.3, 0.4) is 0 Å². The lowest BCUT2D eigenvalue weighted by atomic mass is 9.95. The van der Waals surface area contributed by atoms with Crippen molar-refractivity contribution in [3.05, 3.63) is 52.0 Å². The summed E-state index contributed by atoms with van der Waals surface area (Å²) in [6.07, 6.45) is 0. The van der Waals surface area contributed by atoms with Gasteiger partial charge in [-0.3, -0.25) is 9.69 Å². The summed E-state index contributed by atoms with van der Waals surface area (Å²) in [6, 6.07) is 5.68. The standard InChI is InChI=1S/C16H15FN2O3S/c1-16(11-5-6-23-9-11)14(20)19(15(21)18-16)8-10-3-4-13(22-2)12(17)7-10/h3-7,9H,8H2,1-2H3,(H,18,21)/t16-/m0/s1. The zero-order chi connectivity index (χ0) is 16.6. The van der Waals surface area contributed by atoms with Crippen LogP contribution in [-0.4, -0.2) is 23.9 Å². The van der Waals surface area contributed by atoms with Crippen molar-refractivity contribution in [2.75, 3.05) is 7.11 Å². The van der Waals surface area contributed by atoms with Gasteiger partial charge in [0.1, 0.15) is 5.54 Å². The van der Waals surface area contributed by atoms with Gasteiger partial charge >= 0.3 is 6.03 Å². The maximum atomic E-state index is 13.8. The van der Waals surface area contributed by atoms with Crippen LogP contribution in [0.4, 0.5) is 9.18 Å². The molecule has 0 bridgehead atoms. The molecular weight excluding hydrogens is 319 g/mol. The van der Waals surface area contributed by atoms with Gasteiger partial charge in [-0.05, 0) is 47.0 Å². The number of carbonyl (C=O) groups excluding carboxylic acids is 2. The van der Waals surface area contributed by atoms with Crippen molar-refractivity contribution >= 4 is 23.3 Å². The molecule has 1 saturated heterocycles. The summed E-state index contributed by atoms with van der Waals surface area (Å²) >= 11 is 1.45. The first-order valence-electron chi connectivity index (χ1n) is 6.95. The Labute approximate surface area is 136 Å². The van der Waals surface area contributed by atoms with Gasteiger partial charge in [-0.1, -0.05) is 6.07 Å². The van der Waals surface area contributed by atoms with E-state index in [4.69, 9.17) is 4.74 Å². The fourth-order valence-electron chi connectivity index (χ4n) is 2.58. The quantitative estimate of drug-likeness (QED) is 0.875. The van der Waals surface area contributed by atoms with Crippen molar-refractivity contribution in [1.82, 2.24) is 10.2 Å². The van der Waals surface area contributed by atoms with Crippen LogP contribution in [0.1, 0.15) is 18.1 Å². The van der Waals surface area contributed by atoms with Crippen LogP contribution < -0.4 is 10.1 Å². The molecule has 1 aliphatic rings. The summed E-state index contributed by atoms with van der Waals surface area (Å²) in [6.45, 7) is 1.68. The van der Waals surface area contributed by atoms with Crippen molar-refractivity contribution in [3.63, 3.8) is 0 Å². The van der Waals surface area contributed by atoms with Gasteiger partial charge in [0.15, 0.2) is 11.6 Å². The minimum absolute atomic E-state index is 0.00527. The summed E-state index contributed by atoms with van der Waals surface area (Å²) in [7, 11) is 1.38. The van der Waals surface area contributed by atoms with Gasteiger partial charge in [-0.2, -0.15) is 11.3 Å². The maximum Gasteiger partial charge on any atom is 0.325 e. The molecule has 0 unspecified atom stereocenters. The van der Waals surface area contributed by atoms with E-state index in [1.165, 1.54) is 30.6 Å². The van der Waals surface area contributed by atoms with Crippen LogP contribution in [-0.2, 0) is 16.9 Å². The molecule has 1 aromatic heterocycles. The Morgan fingerprint density at radius 3 is 2.74 bits per heavy atom. The molecule has 1 aliphatic heterocycles. The normalized spacial score (nSPS) is 20.7. The number of halogens is 1. The molecule has 1 aromatic carbocycles. The number of hydrogen-bond donors (Lipinski definition) is 1. The largest absolute Gasteiger partial charge is 0.494 e. The highest BCUT2D eigenvalue weighted by molar-refractivity contribution is 7.08. The number of rotatable bonds is 4. The van der Waals surface area contributed by atoms with E-state index in [0.29, 0.717) is 5.56 Å². The third-order valence-corrected chi connectivity index (χ3v) is 4.61. The lowest BCUT2D eigenvalue weighted by Crippen LogP contribution is -2.40. The number of nitrogens with one attached hydrogen (secondary N) is 1. The van der Waals surface area contributed by atoms with Crippen LogP contribution in [0.15, 0.2) is 35.0 Å². The molecule has 7 heteroatoms. The van der Waals surface area contributed by atoms with E-state index in [9.17, 15) is 14.0 Å². The van der Waals surface area contributed by atoms with E-state index < -0.39 is 17.4 Å². The number of thiophene rings is 1. The predicted molar refractivity (Wildman–Crippen MR) is 83.7 cm³/mol. The SMILES string of the molecule is COc1ccc(CN2C(=O)N[C@@](C)(c3ccsc3)C2=O)cc1F. The summed E-state index contributed by atoms with van der Waals surface area (Å²) in [4.78, 5) is 26.0. The Morgan fingerprint density at radius 2 is 2.13 bits per heavy atom. The number of hydrogen-bond acceptors (Lipinski definition) is 4. The maximum absolute atomic E-state index is 13.8. The van der Waals surface area contributed by atoms with Crippen molar-refractivity contribution in [1.29, 1.82) is 0 Å². The van der Waals surface area contributed by atoms with Crippen LogP contribution in [0.2, 0.25) is 0 Å².